The minimum absolute atomic E-state index is 0.0215. The molecule has 1 aromatic carbocycles. The minimum atomic E-state index is -0.487. The Morgan fingerprint density at radius 1 is 1.33 bits per heavy atom. The second-order valence-corrected chi connectivity index (χ2v) is 8.27. The molecule has 4 rings (SSSR count). The molecule has 1 atom stereocenters. The number of esters is 1. The number of methoxy groups -OCH3 is 1. The maximum Gasteiger partial charge on any atom is 0.306 e. The van der Waals surface area contributed by atoms with Crippen LogP contribution in [0.3, 0.4) is 0 Å². The van der Waals surface area contributed by atoms with Gasteiger partial charge in [-0.15, -0.1) is 0 Å². The first kappa shape index (κ1) is 23.1. The van der Waals surface area contributed by atoms with E-state index in [1.165, 1.54) is 25.6 Å². The Balaban J connectivity index is 1.47. The van der Waals surface area contributed by atoms with Crippen molar-refractivity contribution in [3.63, 3.8) is 0 Å². The minimum Gasteiger partial charge on any atom is -0.469 e. The van der Waals surface area contributed by atoms with Gasteiger partial charge in [-0.2, -0.15) is 0 Å². The highest BCUT2D eigenvalue weighted by Gasteiger charge is 2.22. The maximum atomic E-state index is 13.5. The first-order chi connectivity index (χ1) is 16.0. The molecule has 1 aliphatic heterocycles. The molecule has 1 fully saturated rings. The van der Waals surface area contributed by atoms with Crippen LogP contribution in [0.15, 0.2) is 30.7 Å². The molecule has 0 spiro atoms. The molecule has 1 unspecified atom stereocenters. The monoisotopic (exact) mass is 473 g/mol. The smallest absolute Gasteiger partial charge is 0.306 e. The Kier molecular flexibility index (Phi) is 7.46. The Morgan fingerprint density at radius 3 is 3.03 bits per heavy atom. The molecule has 0 saturated carbocycles. The van der Waals surface area contributed by atoms with Gasteiger partial charge in [0.05, 0.1) is 24.8 Å². The van der Waals surface area contributed by atoms with Gasteiger partial charge in [0.2, 0.25) is 5.95 Å². The molecule has 3 aromatic rings. The highest BCUT2D eigenvalue weighted by molar-refractivity contribution is 6.31. The molecule has 1 aliphatic rings. The molecule has 9 nitrogen and oxygen atoms in total. The van der Waals surface area contributed by atoms with E-state index in [4.69, 9.17) is 16.6 Å². The fraction of sp³-hybridized carbons (Fsp3) is 0.409. The summed E-state index contributed by atoms with van der Waals surface area (Å²) in [5.41, 5.74) is 1.77. The molecule has 2 aromatic heterocycles. The van der Waals surface area contributed by atoms with Crippen LogP contribution in [0.2, 0.25) is 5.02 Å². The standard InChI is InChI=1S/C22H25ClFN7O2/c1-33-19(32)6-7-25-10-14-3-2-8-31(12-14)22-26-11-18-20(30-22)21(28-13-27-18)29-15-4-5-17(24)16(23)9-15/h4-5,9,11,13-14,25H,2-3,6-8,10,12H2,1H3,(H,27,28,29). The average molecular weight is 474 g/mol. The number of aromatic nitrogens is 4. The molecule has 0 aliphatic carbocycles. The van der Waals surface area contributed by atoms with Crippen LogP contribution in [0.25, 0.3) is 11.0 Å². The van der Waals surface area contributed by atoms with E-state index in [1.807, 2.05) is 0 Å². The van der Waals surface area contributed by atoms with E-state index in [1.54, 1.807) is 12.3 Å². The summed E-state index contributed by atoms with van der Waals surface area (Å²) >= 11 is 5.90. The zero-order valence-electron chi connectivity index (χ0n) is 18.2. The summed E-state index contributed by atoms with van der Waals surface area (Å²) in [6.07, 6.45) is 5.58. The summed E-state index contributed by atoms with van der Waals surface area (Å²) in [5, 5.41) is 6.50. The number of nitrogens with zero attached hydrogens (tertiary/aromatic N) is 5. The van der Waals surface area contributed by atoms with Crippen LogP contribution in [-0.4, -0.2) is 59.2 Å². The van der Waals surface area contributed by atoms with Crippen LogP contribution in [-0.2, 0) is 9.53 Å². The number of rotatable bonds is 8. The largest absolute Gasteiger partial charge is 0.469 e. The number of carbonyl (C=O) groups is 1. The molecular formula is C22H25ClFN7O2. The molecule has 0 amide bonds. The lowest BCUT2D eigenvalue weighted by Crippen LogP contribution is -2.40. The number of halogens is 2. The van der Waals surface area contributed by atoms with E-state index >= 15 is 0 Å². The van der Waals surface area contributed by atoms with Crippen molar-refractivity contribution >= 4 is 46.1 Å². The topological polar surface area (TPSA) is 105 Å². The van der Waals surface area contributed by atoms with Gasteiger partial charge >= 0.3 is 5.97 Å². The highest BCUT2D eigenvalue weighted by atomic mass is 35.5. The van der Waals surface area contributed by atoms with Crippen molar-refractivity contribution in [2.45, 2.75) is 19.3 Å². The van der Waals surface area contributed by atoms with Crippen molar-refractivity contribution in [1.82, 2.24) is 25.3 Å². The summed E-state index contributed by atoms with van der Waals surface area (Å²) in [7, 11) is 1.39. The lowest BCUT2D eigenvalue weighted by Gasteiger charge is -2.33. The van der Waals surface area contributed by atoms with Crippen LogP contribution in [0.1, 0.15) is 19.3 Å². The Morgan fingerprint density at radius 2 is 2.21 bits per heavy atom. The van der Waals surface area contributed by atoms with Crippen LogP contribution in [0.4, 0.5) is 21.8 Å². The third kappa shape index (κ3) is 5.82. The molecule has 0 bridgehead atoms. The summed E-state index contributed by atoms with van der Waals surface area (Å²) in [6, 6.07) is 4.37. The second kappa shape index (κ2) is 10.7. The molecule has 11 heteroatoms. The van der Waals surface area contributed by atoms with E-state index < -0.39 is 5.82 Å². The maximum absolute atomic E-state index is 13.5. The van der Waals surface area contributed by atoms with Gasteiger partial charge in [0, 0.05) is 25.3 Å². The average Bonchev–Trinajstić information content (AvgIpc) is 2.84. The van der Waals surface area contributed by atoms with Gasteiger partial charge in [-0.1, -0.05) is 11.6 Å². The van der Waals surface area contributed by atoms with Gasteiger partial charge in [0.1, 0.15) is 23.2 Å². The zero-order chi connectivity index (χ0) is 23.2. The van der Waals surface area contributed by atoms with Gasteiger partial charge in [-0.05, 0) is 43.5 Å². The number of hydrogen-bond donors (Lipinski definition) is 2. The predicted octanol–water partition coefficient (Wildman–Crippen LogP) is 3.33. The molecule has 33 heavy (non-hydrogen) atoms. The van der Waals surface area contributed by atoms with Gasteiger partial charge in [0.15, 0.2) is 5.82 Å². The Hall–Kier alpha value is -3.11. The van der Waals surface area contributed by atoms with Gasteiger partial charge in [0.25, 0.3) is 0 Å². The third-order valence-electron chi connectivity index (χ3n) is 5.52. The number of piperidine rings is 1. The number of benzene rings is 1. The van der Waals surface area contributed by atoms with Gasteiger partial charge < -0.3 is 20.3 Å². The zero-order valence-corrected chi connectivity index (χ0v) is 19.0. The number of fused-ring (bicyclic) bond motifs is 1. The van der Waals surface area contributed by atoms with Crippen molar-refractivity contribution in [2.75, 3.05) is 43.5 Å². The molecular weight excluding hydrogens is 449 g/mol. The lowest BCUT2D eigenvalue weighted by molar-refractivity contribution is -0.140. The predicted molar refractivity (Wildman–Crippen MR) is 124 cm³/mol. The molecule has 1 saturated heterocycles. The van der Waals surface area contributed by atoms with Crippen molar-refractivity contribution in [3.05, 3.63) is 41.6 Å². The first-order valence-corrected chi connectivity index (χ1v) is 11.1. The summed E-state index contributed by atoms with van der Waals surface area (Å²) < 4.78 is 18.2. The number of anilines is 3. The Labute approximate surface area is 195 Å². The lowest BCUT2D eigenvalue weighted by atomic mass is 9.98. The Bertz CT molecular complexity index is 1130. The fourth-order valence-electron chi connectivity index (χ4n) is 3.81. The second-order valence-electron chi connectivity index (χ2n) is 7.86. The van der Waals surface area contributed by atoms with Crippen LogP contribution in [0, 0.1) is 11.7 Å². The highest BCUT2D eigenvalue weighted by Crippen LogP contribution is 2.27. The number of nitrogens with one attached hydrogen (secondary N) is 2. The SMILES string of the molecule is COC(=O)CCNCC1CCCN(c2ncc3ncnc(Nc4ccc(F)c(Cl)c4)c3n2)C1. The number of ether oxygens (including phenoxy) is 1. The van der Waals surface area contributed by atoms with Gasteiger partial charge in [-0.3, -0.25) is 4.79 Å². The van der Waals surface area contributed by atoms with Gasteiger partial charge in [-0.25, -0.2) is 24.3 Å². The quantitative estimate of drug-likeness (QED) is 0.376. The first-order valence-electron chi connectivity index (χ1n) is 10.8. The van der Waals surface area contributed by atoms with E-state index in [-0.39, 0.29) is 11.0 Å². The van der Waals surface area contributed by atoms with Crippen LogP contribution >= 0.6 is 11.6 Å². The number of hydrogen-bond acceptors (Lipinski definition) is 9. The molecule has 0 radical (unpaired) electrons. The van der Waals surface area contributed by atoms with Crippen LogP contribution in [0.5, 0.6) is 0 Å². The number of carbonyl (C=O) groups excluding carboxylic acids is 1. The fourth-order valence-corrected chi connectivity index (χ4v) is 3.99. The van der Waals surface area contributed by atoms with E-state index in [9.17, 15) is 9.18 Å². The third-order valence-corrected chi connectivity index (χ3v) is 5.81. The van der Waals surface area contributed by atoms with E-state index in [0.29, 0.717) is 47.4 Å². The molecule has 2 N–H and O–H groups in total. The van der Waals surface area contributed by atoms with Crippen molar-refractivity contribution < 1.29 is 13.9 Å². The molecule has 3 heterocycles. The van der Waals surface area contributed by atoms with Crippen molar-refractivity contribution in [3.8, 4) is 0 Å². The summed E-state index contributed by atoms with van der Waals surface area (Å²) in [4.78, 5) is 31.2. The van der Waals surface area contributed by atoms with Crippen LogP contribution < -0.4 is 15.5 Å². The van der Waals surface area contributed by atoms with Crippen molar-refractivity contribution in [1.29, 1.82) is 0 Å². The summed E-state index contributed by atoms with van der Waals surface area (Å²) in [5.74, 6) is 0.813. The van der Waals surface area contributed by atoms with Crippen molar-refractivity contribution in [2.24, 2.45) is 5.92 Å². The normalized spacial score (nSPS) is 16.1. The molecule has 174 valence electrons. The van der Waals surface area contributed by atoms with E-state index in [0.717, 1.165) is 32.5 Å². The van der Waals surface area contributed by atoms with E-state index in [2.05, 4.69) is 35.2 Å². The summed E-state index contributed by atoms with van der Waals surface area (Å²) in [6.45, 7) is 3.06.